The predicted molar refractivity (Wildman–Crippen MR) is 104 cm³/mol. The van der Waals surface area contributed by atoms with Crippen molar-refractivity contribution in [3.8, 4) is 5.75 Å². The van der Waals surface area contributed by atoms with Crippen molar-refractivity contribution in [2.45, 2.75) is 0 Å². The molecule has 0 atom stereocenters. The minimum atomic E-state index is -3.86. The summed E-state index contributed by atoms with van der Waals surface area (Å²) in [7, 11) is -2.34. The number of hydrazone groups is 1. The van der Waals surface area contributed by atoms with Crippen LogP contribution in [0.3, 0.4) is 0 Å². The molecule has 0 aliphatic carbocycles. The average Bonchev–Trinajstić information content (AvgIpc) is 2.65. The summed E-state index contributed by atoms with van der Waals surface area (Å²) in [5.41, 5.74) is 2.61. The topological polar surface area (TPSA) is 131 Å². The number of benzene rings is 2. The van der Waals surface area contributed by atoms with Crippen molar-refractivity contribution < 1.29 is 22.9 Å². The van der Waals surface area contributed by atoms with Gasteiger partial charge in [-0.3, -0.25) is 19.2 Å². The largest absolute Gasteiger partial charge is 0.497 e. The first-order chi connectivity index (χ1) is 13.2. The molecule has 0 heterocycles. The molecule has 2 aromatic carbocycles. The molecule has 10 nitrogen and oxygen atoms in total. The van der Waals surface area contributed by atoms with Crippen LogP contribution in [-0.4, -0.2) is 45.4 Å². The van der Waals surface area contributed by atoms with Gasteiger partial charge in [-0.15, -0.1) is 0 Å². The van der Waals surface area contributed by atoms with Gasteiger partial charge in [0.05, 0.1) is 30.2 Å². The molecular weight excluding hydrogens is 388 g/mol. The summed E-state index contributed by atoms with van der Waals surface area (Å²) in [5.74, 6) is -0.0970. The smallest absolute Gasteiger partial charge is 0.271 e. The Balaban J connectivity index is 2.12. The first-order valence-electron chi connectivity index (χ1n) is 7.89. The van der Waals surface area contributed by atoms with E-state index < -0.39 is 27.4 Å². The minimum absolute atomic E-state index is 0.00336. The summed E-state index contributed by atoms with van der Waals surface area (Å²) >= 11 is 0. The number of methoxy groups -OCH3 is 1. The van der Waals surface area contributed by atoms with Crippen LogP contribution in [0.25, 0.3) is 0 Å². The molecule has 0 saturated carbocycles. The van der Waals surface area contributed by atoms with Crippen LogP contribution in [0.5, 0.6) is 5.75 Å². The van der Waals surface area contributed by atoms with Gasteiger partial charge in [-0.2, -0.15) is 5.10 Å². The van der Waals surface area contributed by atoms with Crippen molar-refractivity contribution in [3.05, 3.63) is 64.2 Å². The Bertz CT molecular complexity index is 1010. The van der Waals surface area contributed by atoms with Crippen molar-refractivity contribution in [3.63, 3.8) is 0 Å². The molecule has 28 heavy (non-hydrogen) atoms. The lowest BCUT2D eigenvalue weighted by Gasteiger charge is -2.21. The van der Waals surface area contributed by atoms with Gasteiger partial charge in [0.2, 0.25) is 10.0 Å². The number of rotatable bonds is 8. The van der Waals surface area contributed by atoms with Gasteiger partial charge < -0.3 is 4.74 Å². The lowest BCUT2D eigenvalue weighted by atomic mass is 10.2. The summed E-state index contributed by atoms with van der Waals surface area (Å²) in [6.07, 6.45) is 2.27. The number of nitrogens with one attached hydrogen (secondary N) is 1. The van der Waals surface area contributed by atoms with E-state index in [0.29, 0.717) is 11.3 Å². The number of carbonyl (C=O) groups is 1. The van der Waals surface area contributed by atoms with E-state index in [-0.39, 0.29) is 11.4 Å². The van der Waals surface area contributed by atoms with Gasteiger partial charge in [-0.1, -0.05) is 18.2 Å². The molecular formula is C17H18N4O6S. The van der Waals surface area contributed by atoms with E-state index in [4.69, 9.17) is 4.74 Å². The normalized spacial score (nSPS) is 11.2. The Kier molecular flexibility index (Phi) is 6.66. The number of nitro benzene ring substituents is 1. The number of hydrogen-bond acceptors (Lipinski definition) is 7. The summed E-state index contributed by atoms with van der Waals surface area (Å²) in [4.78, 5) is 22.4. The molecule has 0 aromatic heterocycles. The zero-order valence-corrected chi connectivity index (χ0v) is 15.9. The summed E-state index contributed by atoms with van der Waals surface area (Å²) < 4.78 is 29.9. The number of anilines is 1. The second-order valence-electron chi connectivity index (χ2n) is 5.62. The number of amides is 1. The molecule has 1 amide bonds. The van der Waals surface area contributed by atoms with E-state index in [1.807, 2.05) is 0 Å². The standard InChI is InChI=1S/C17H18N4O6S/c1-27-16-8-3-5-13(9-16)11-18-19-17(22)12-20(28(2,25)26)14-6-4-7-15(10-14)21(23)24/h3-11H,12H2,1-2H3,(H,19,22)/b18-11-. The average molecular weight is 406 g/mol. The Morgan fingerprint density at radius 2 is 2.00 bits per heavy atom. The van der Waals surface area contributed by atoms with Crippen molar-refractivity contribution in [1.82, 2.24) is 5.43 Å². The van der Waals surface area contributed by atoms with Gasteiger partial charge in [0, 0.05) is 12.1 Å². The fraction of sp³-hybridized carbons (Fsp3) is 0.176. The van der Waals surface area contributed by atoms with Crippen LogP contribution in [0.2, 0.25) is 0 Å². The van der Waals surface area contributed by atoms with Crippen molar-refractivity contribution in [2.24, 2.45) is 5.10 Å². The summed E-state index contributed by atoms with van der Waals surface area (Å²) in [6.45, 7) is -0.588. The van der Waals surface area contributed by atoms with Gasteiger partial charge in [-0.25, -0.2) is 13.8 Å². The van der Waals surface area contributed by atoms with Crippen LogP contribution >= 0.6 is 0 Å². The molecule has 2 aromatic rings. The molecule has 0 unspecified atom stereocenters. The van der Waals surface area contributed by atoms with E-state index >= 15 is 0 Å². The number of nitro groups is 1. The molecule has 11 heteroatoms. The number of carbonyl (C=O) groups excluding carboxylic acids is 1. The third-order valence-electron chi connectivity index (χ3n) is 3.51. The number of sulfonamides is 1. The fourth-order valence-corrected chi connectivity index (χ4v) is 3.08. The van der Waals surface area contributed by atoms with Crippen LogP contribution < -0.4 is 14.5 Å². The molecule has 0 radical (unpaired) electrons. The molecule has 0 fully saturated rings. The highest BCUT2D eigenvalue weighted by molar-refractivity contribution is 7.92. The highest BCUT2D eigenvalue weighted by atomic mass is 32.2. The van der Waals surface area contributed by atoms with Gasteiger partial charge in [0.15, 0.2) is 0 Å². The van der Waals surface area contributed by atoms with Gasteiger partial charge in [0.1, 0.15) is 12.3 Å². The molecule has 2 rings (SSSR count). The number of nitrogens with zero attached hydrogens (tertiary/aromatic N) is 3. The fourth-order valence-electron chi connectivity index (χ4n) is 2.23. The van der Waals surface area contributed by atoms with Crippen molar-refractivity contribution in [1.29, 1.82) is 0 Å². The third-order valence-corrected chi connectivity index (χ3v) is 4.65. The monoisotopic (exact) mass is 406 g/mol. The number of ether oxygens (including phenoxy) is 1. The maximum atomic E-state index is 12.1. The molecule has 0 aliphatic heterocycles. The highest BCUT2D eigenvalue weighted by Gasteiger charge is 2.22. The molecule has 1 N–H and O–H groups in total. The van der Waals surface area contributed by atoms with Crippen LogP contribution in [-0.2, 0) is 14.8 Å². The maximum absolute atomic E-state index is 12.1. The first-order valence-corrected chi connectivity index (χ1v) is 9.73. The van der Waals surface area contributed by atoms with E-state index in [2.05, 4.69) is 10.5 Å². The summed E-state index contributed by atoms with van der Waals surface area (Å²) in [5, 5.41) is 14.7. The van der Waals surface area contributed by atoms with E-state index in [9.17, 15) is 23.3 Å². The van der Waals surface area contributed by atoms with Gasteiger partial charge in [0.25, 0.3) is 11.6 Å². The predicted octanol–water partition coefficient (Wildman–Crippen LogP) is 1.52. The summed E-state index contributed by atoms with van der Waals surface area (Å²) in [6, 6.07) is 11.9. The SMILES string of the molecule is COc1cccc(/C=N\NC(=O)CN(c2cccc([N+](=O)[O-])c2)S(C)(=O)=O)c1. The lowest BCUT2D eigenvalue weighted by molar-refractivity contribution is -0.384. The van der Waals surface area contributed by atoms with Gasteiger partial charge >= 0.3 is 0 Å². The second kappa shape index (κ2) is 8.95. The molecule has 148 valence electrons. The Labute approximate surface area is 161 Å². The zero-order valence-electron chi connectivity index (χ0n) is 15.1. The van der Waals surface area contributed by atoms with Crippen LogP contribution in [0.4, 0.5) is 11.4 Å². The Morgan fingerprint density at radius 1 is 1.29 bits per heavy atom. The van der Waals surface area contributed by atoms with Crippen LogP contribution in [0.1, 0.15) is 5.56 Å². The van der Waals surface area contributed by atoms with E-state index in [0.717, 1.165) is 16.6 Å². The number of hydrogen-bond donors (Lipinski definition) is 1. The van der Waals surface area contributed by atoms with Crippen molar-refractivity contribution in [2.75, 3.05) is 24.2 Å². The molecule has 0 bridgehead atoms. The van der Waals surface area contributed by atoms with Gasteiger partial charge in [-0.05, 0) is 23.8 Å². The highest BCUT2D eigenvalue weighted by Crippen LogP contribution is 2.22. The van der Waals surface area contributed by atoms with Crippen LogP contribution in [0.15, 0.2) is 53.6 Å². The lowest BCUT2D eigenvalue weighted by Crippen LogP contribution is -2.39. The number of non-ortho nitro benzene ring substituents is 1. The van der Waals surface area contributed by atoms with E-state index in [1.54, 1.807) is 24.3 Å². The van der Waals surface area contributed by atoms with E-state index in [1.165, 1.54) is 31.5 Å². The first kappa shape index (κ1) is 20.8. The minimum Gasteiger partial charge on any atom is -0.497 e. The molecule has 0 saturated heterocycles. The Hall–Kier alpha value is -3.47. The molecule has 0 spiro atoms. The Morgan fingerprint density at radius 3 is 2.64 bits per heavy atom. The second-order valence-corrected chi connectivity index (χ2v) is 7.52. The quantitative estimate of drug-likeness (QED) is 0.402. The molecule has 0 aliphatic rings. The third kappa shape index (κ3) is 5.77. The zero-order chi connectivity index (χ0) is 20.7. The van der Waals surface area contributed by atoms with Crippen molar-refractivity contribution >= 4 is 33.5 Å². The maximum Gasteiger partial charge on any atom is 0.271 e. The van der Waals surface area contributed by atoms with Crippen LogP contribution in [0, 0.1) is 10.1 Å².